The molecule has 0 aromatic heterocycles. The number of carbonyl (C=O) groups excluding carboxylic acids is 2. The Morgan fingerprint density at radius 1 is 0.846 bits per heavy atom. The molecule has 0 unspecified atom stereocenters. The van der Waals surface area contributed by atoms with Gasteiger partial charge in [0.2, 0.25) is 0 Å². The minimum absolute atomic E-state index is 0.111. The van der Waals surface area contributed by atoms with Gasteiger partial charge in [-0.3, -0.25) is 10.0 Å². The Bertz CT molecular complexity index is 730. The summed E-state index contributed by atoms with van der Waals surface area (Å²) in [6.45, 7) is 5.96. The number of hydrogen-bond donors (Lipinski definition) is 4. The lowest BCUT2D eigenvalue weighted by Gasteiger charge is -2.24. The minimum atomic E-state index is -0.569. The van der Waals surface area contributed by atoms with Gasteiger partial charge in [0.05, 0.1) is 12.1 Å². The lowest BCUT2D eigenvalue weighted by atomic mass is 9.95. The summed E-state index contributed by atoms with van der Waals surface area (Å²) in [4.78, 5) is 23.8. The van der Waals surface area contributed by atoms with Gasteiger partial charge in [0.1, 0.15) is 0 Å². The Hall–Kier alpha value is -2.86. The normalized spacial score (nSPS) is 13.0. The predicted molar refractivity (Wildman–Crippen MR) is 99.8 cm³/mol. The third-order valence-corrected chi connectivity index (χ3v) is 4.23. The molecule has 0 spiro atoms. The van der Waals surface area contributed by atoms with Crippen LogP contribution in [0.1, 0.15) is 54.3 Å². The van der Waals surface area contributed by atoms with E-state index < -0.39 is 5.91 Å². The molecule has 0 saturated carbocycles. The highest BCUT2D eigenvalue weighted by Crippen LogP contribution is 2.22. The summed E-state index contributed by atoms with van der Waals surface area (Å²) in [6.07, 6.45) is 0. The molecule has 0 aliphatic heterocycles. The van der Waals surface area contributed by atoms with Gasteiger partial charge in [0.15, 0.2) is 0 Å². The van der Waals surface area contributed by atoms with Crippen molar-refractivity contribution in [3.8, 4) is 0 Å². The van der Waals surface area contributed by atoms with Crippen molar-refractivity contribution in [3.05, 3.63) is 71.3 Å². The number of benzene rings is 2. The lowest BCUT2D eigenvalue weighted by Crippen LogP contribution is -2.40. The van der Waals surface area contributed by atoms with Gasteiger partial charge in [-0.15, -0.1) is 0 Å². The van der Waals surface area contributed by atoms with E-state index in [9.17, 15) is 9.59 Å². The summed E-state index contributed by atoms with van der Waals surface area (Å²) in [5.41, 5.74) is 3.87. The first-order chi connectivity index (χ1) is 12.4. The molecule has 0 bridgehead atoms. The summed E-state index contributed by atoms with van der Waals surface area (Å²) in [5.74, 6) is -0.412. The summed E-state index contributed by atoms with van der Waals surface area (Å²) in [6, 6.07) is 16.0. The van der Waals surface area contributed by atoms with Crippen molar-refractivity contribution >= 4 is 11.9 Å². The van der Waals surface area contributed by atoms with Gasteiger partial charge < -0.3 is 10.6 Å². The van der Waals surface area contributed by atoms with Gasteiger partial charge in [0.25, 0.3) is 5.91 Å². The molecule has 2 aromatic rings. The first-order valence-electron chi connectivity index (χ1n) is 8.58. The monoisotopic (exact) mass is 355 g/mol. The maximum atomic E-state index is 12.4. The predicted octanol–water partition coefficient (Wildman–Crippen LogP) is 3.56. The molecule has 4 N–H and O–H groups in total. The Kier molecular flexibility index (Phi) is 6.74. The Labute approximate surface area is 153 Å². The number of nitrogens with one attached hydrogen (secondary N) is 3. The van der Waals surface area contributed by atoms with Crippen molar-refractivity contribution in [2.24, 2.45) is 5.92 Å². The Morgan fingerprint density at radius 3 is 2.00 bits per heavy atom. The van der Waals surface area contributed by atoms with Gasteiger partial charge in [-0.25, -0.2) is 10.3 Å². The van der Waals surface area contributed by atoms with E-state index in [-0.39, 0.29) is 24.0 Å². The molecule has 0 aliphatic rings. The van der Waals surface area contributed by atoms with E-state index in [0.717, 1.165) is 11.1 Å². The number of hydrogen-bond acceptors (Lipinski definition) is 3. The van der Waals surface area contributed by atoms with Crippen LogP contribution in [0.5, 0.6) is 0 Å². The fourth-order valence-corrected chi connectivity index (χ4v) is 2.75. The standard InChI is InChI=1S/C20H25N3O3/c1-13(2)18(16-9-11-17(12-10-16)19(24)23-26)22-20(25)21-14(3)15-7-5-4-6-8-15/h4-14,18,26H,1-3H3,(H,23,24)(H2,21,22,25)/t14-,18+/m0/s1. The second kappa shape index (κ2) is 9.01. The molecule has 0 heterocycles. The highest BCUT2D eigenvalue weighted by Gasteiger charge is 2.20. The molecule has 0 fully saturated rings. The van der Waals surface area contributed by atoms with E-state index in [2.05, 4.69) is 10.6 Å². The van der Waals surface area contributed by atoms with Gasteiger partial charge >= 0.3 is 6.03 Å². The first-order valence-corrected chi connectivity index (χ1v) is 8.58. The molecule has 3 amide bonds. The van der Waals surface area contributed by atoms with Crippen LogP contribution in [0.2, 0.25) is 0 Å². The third kappa shape index (κ3) is 5.07. The van der Waals surface area contributed by atoms with E-state index in [0.29, 0.717) is 5.56 Å². The lowest BCUT2D eigenvalue weighted by molar-refractivity contribution is 0.0706. The molecule has 138 valence electrons. The average Bonchev–Trinajstić information content (AvgIpc) is 2.66. The summed E-state index contributed by atoms with van der Waals surface area (Å²) in [7, 11) is 0. The van der Waals surface area contributed by atoms with Crippen molar-refractivity contribution in [1.29, 1.82) is 0 Å². The van der Waals surface area contributed by atoms with Gasteiger partial charge in [0, 0.05) is 5.56 Å². The third-order valence-electron chi connectivity index (χ3n) is 4.23. The Balaban J connectivity index is 2.05. The largest absolute Gasteiger partial charge is 0.332 e. The van der Waals surface area contributed by atoms with Crippen LogP contribution in [0.25, 0.3) is 0 Å². The molecule has 0 aliphatic carbocycles. The Morgan fingerprint density at radius 2 is 1.46 bits per heavy atom. The van der Waals surface area contributed by atoms with Crippen LogP contribution in [0.15, 0.2) is 54.6 Å². The van der Waals surface area contributed by atoms with Crippen molar-refractivity contribution in [2.45, 2.75) is 32.9 Å². The summed E-state index contributed by atoms with van der Waals surface area (Å²) in [5, 5.41) is 14.6. The van der Waals surface area contributed by atoms with Crippen molar-refractivity contribution < 1.29 is 14.8 Å². The van der Waals surface area contributed by atoms with Crippen LogP contribution >= 0.6 is 0 Å². The van der Waals surface area contributed by atoms with E-state index in [1.165, 1.54) is 0 Å². The van der Waals surface area contributed by atoms with Crippen LogP contribution in [0.3, 0.4) is 0 Å². The second-order valence-corrected chi connectivity index (χ2v) is 6.53. The maximum Gasteiger partial charge on any atom is 0.315 e. The average molecular weight is 355 g/mol. The molecule has 0 saturated heterocycles. The van der Waals surface area contributed by atoms with Gasteiger partial charge in [-0.1, -0.05) is 56.3 Å². The molecule has 6 heteroatoms. The van der Waals surface area contributed by atoms with Gasteiger partial charge in [-0.2, -0.15) is 0 Å². The van der Waals surface area contributed by atoms with E-state index in [4.69, 9.17) is 5.21 Å². The maximum absolute atomic E-state index is 12.4. The highest BCUT2D eigenvalue weighted by molar-refractivity contribution is 5.93. The fraction of sp³-hybridized carbons (Fsp3) is 0.300. The molecule has 26 heavy (non-hydrogen) atoms. The zero-order chi connectivity index (χ0) is 19.1. The van der Waals surface area contributed by atoms with Crippen LogP contribution < -0.4 is 16.1 Å². The molecular formula is C20H25N3O3. The quantitative estimate of drug-likeness (QED) is 0.472. The first kappa shape index (κ1) is 19.5. The summed E-state index contributed by atoms with van der Waals surface area (Å²) < 4.78 is 0. The number of rotatable bonds is 6. The second-order valence-electron chi connectivity index (χ2n) is 6.53. The molecule has 2 aromatic carbocycles. The molecule has 6 nitrogen and oxygen atoms in total. The molecule has 2 atom stereocenters. The summed E-state index contributed by atoms with van der Waals surface area (Å²) >= 11 is 0. The van der Waals surface area contributed by atoms with Crippen LogP contribution in [-0.4, -0.2) is 17.1 Å². The number of urea groups is 1. The molecule has 2 rings (SSSR count). The smallest absolute Gasteiger partial charge is 0.315 e. The molecule has 0 radical (unpaired) electrons. The van der Waals surface area contributed by atoms with Gasteiger partial charge in [-0.05, 0) is 36.1 Å². The topological polar surface area (TPSA) is 90.5 Å². The van der Waals surface area contributed by atoms with E-state index in [1.54, 1.807) is 29.7 Å². The van der Waals surface area contributed by atoms with Crippen LogP contribution in [0.4, 0.5) is 4.79 Å². The van der Waals surface area contributed by atoms with Crippen molar-refractivity contribution in [1.82, 2.24) is 16.1 Å². The minimum Gasteiger partial charge on any atom is -0.332 e. The highest BCUT2D eigenvalue weighted by atomic mass is 16.5. The fourth-order valence-electron chi connectivity index (χ4n) is 2.75. The van der Waals surface area contributed by atoms with Crippen LogP contribution in [0, 0.1) is 5.92 Å². The van der Waals surface area contributed by atoms with Crippen molar-refractivity contribution in [3.63, 3.8) is 0 Å². The SMILES string of the molecule is CC(C)[C@@H](NC(=O)N[C@@H](C)c1ccccc1)c1ccc(C(=O)NO)cc1. The van der Waals surface area contributed by atoms with Crippen LogP contribution in [-0.2, 0) is 0 Å². The molecular weight excluding hydrogens is 330 g/mol. The number of carbonyl (C=O) groups is 2. The number of amides is 3. The van der Waals surface area contributed by atoms with E-state index in [1.807, 2.05) is 51.1 Å². The van der Waals surface area contributed by atoms with E-state index >= 15 is 0 Å². The zero-order valence-corrected chi connectivity index (χ0v) is 15.2. The zero-order valence-electron chi connectivity index (χ0n) is 15.2. The van der Waals surface area contributed by atoms with Crippen molar-refractivity contribution in [2.75, 3.05) is 0 Å². The number of hydroxylamine groups is 1.